The lowest BCUT2D eigenvalue weighted by molar-refractivity contribution is 0.0657. The van der Waals surface area contributed by atoms with Crippen molar-refractivity contribution in [2.45, 2.75) is 32.7 Å². The van der Waals surface area contributed by atoms with Crippen molar-refractivity contribution < 1.29 is 4.79 Å². The number of piperidine rings is 1. The number of fused-ring (bicyclic) bond motifs is 1. The molecule has 4 nitrogen and oxygen atoms in total. The zero-order valence-corrected chi connectivity index (χ0v) is 15.3. The Balaban J connectivity index is 1.65. The molecule has 1 amide bonds. The monoisotopic (exact) mass is 327 g/mol. The van der Waals surface area contributed by atoms with Gasteiger partial charge in [0.25, 0.3) is 5.91 Å². The predicted molar refractivity (Wildman–Crippen MR) is 99.3 cm³/mol. The second kappa shape index (κ2) is 6.98. The second-order valence-corrected chi connectivity index (χ2v) is 7.42. The van der Waals surface area contributed by atoms with E-state index < -0.39 is 0 Å². The van der Waals surface area contributed by atoms with Gasteiger partial charge in [-0.2, -0.15) is 0 Å². The Morgan fingerprint density at radius 2 is 1.92 bits per heavy atom. The molecule has 0 atom stereocenters. The van der Waals surface area contributed by atoms with Crippen LogP contribution in [0.4, 0.5) is 0 Å². The summed E-state index contributed by atoms with van der Waals surface area (Å²) >= 11 is 0. The minimum absolute atomic E-state index is 0.171. The SMILES string of the molecule is CC(C)N(C)CC1CCN(C(=O)c2cc3ccccc3n2C)CC1. The third kappa shape index (κ3) is 3.34. The van der Waals surface area contributed by atoms with Crippen LogP contribution in [0.1, 0.15) is 37.2 Å². The minimum Gasteiger partial charge on any atom is -0.340 e. The minimum atomic E-state index is 0.171. The summed E-state index contributed by atoms with van der Waals surface area (Å²) in [7, 11) is 4.18. The number of amides is 1. The van der Waals surface area contributed by atoms with Gasteiger partial charge >= 0.3 is 0 Å². The molecule has 0 spiro atoms. The maximum Gasteiger partial charge on any atom is 0.270 e. The number of benzene rings is 1. The summed E-state index contributed by atoms with van der Waals surface area (Å²) in [4.78, 5) is 17.4. The number of carbonyl (C=O) groups excluding carboxylic acids is 1. The first-order chi connectivity index (χ1) is 11.5. The van der Waals surface area contributed by atoms with Crippen LogP contribution in [0.2, 0.25) is 0 Å². The molecule has 1 aromatic carbocycles. The summed E-state index contributed by atoms with van der Waals surface area (Å²) in [5.74, 6) is 0.873. The number of aromatic nitrogens is 1. The van der Waals surface area contributed by atoms with Crippen LogP contribution in [0.25, 0.3) is 10.9 Å². The van der Waals surface area contributed by atoms with Crippen LogP contribution < -0.4 is 0 Å². The lowest BCUT2D eigenvalue weighted by atomic mass is 9.95. The number of carbonyl (C=O) groups is 1. The molecule has 1 aromatic heterocycles. The Bertz CT molecular complexity index is 711. The van der Waals surface area contributed by atoms with E-state index in [4.69, 9.17) is 0 Å². The molecule has 0 unspecified atom stereocenters. The van der Waals surface area contributed by atoms with Crippen LogP contribution in [0, 0.1) is 5.92 Å². The summed E-state index contributed by atoms with van der Waals surface area (Å²) in [5.41, 5.74) is 1.92. The van der Waals surface area contributed by atoms with Crippen molar-refractivity contribution in [3.8, 4) is 0 Å². The number of rotatable bonds is 4. The van der Waals surface area contributed by atoms with E-state index in [1.165, 1.54) is 0 Å². The molecule has 2 aromatic rings. The maximum atomic E-state index is 12.9. The number of hydrogen-bond acceptors (Lipinski definition) is 2. The Hall–Kier alpha value is -1.81. The van der Waals surface area contributed by atoms with Crippen LogP contribution in [0.3, 0.4) is 0 Å². The van der Waals surface area contributed by atoms with E-state index in [9.17, 15) is 4.79 Å². The zero-order chi connectivity index (χ0) is 17.3. The van der Waals surface area contributed by atoms with Crippen LogP contribution in [-0.2, 0) is 7.05 Å². The van der Waals surface area contributed by atoms with Crippen molar-refractivity contribution in [1.29, 1.82) is 0 Å². The van der Waals surface area contributed by atoms with Gasteiger partial charge in [-0.3, -0.25) is 4.79 Å². The first-order valence-electron chi connectivity index (χ1n) is 9.01. The van der Waals surface area contributed by atoms with E-state index in [1.54, 1.807) is 0 Å². The molecule has 0 bridgehead atoms. The quantitative estimate of drug-likeness (QED) is 0.861. The molecule has 3 rings (SSSR count). The van der Waals surface area contributed by atoms with Gasteiger partial charge in [0, 0.05) is 43.6 Å². The second-order valence-electron chi connectivity index (χ2n) is 7.42. The number of para-hydroxylation sites is 1. The highest BCUT2D eigenvalue weighted by Crippen LogP contribution is 2.23. The standard InChI is InChI=1S/C20H29N3O/c1-15(2)21(3)14-16-9-11-23(12-10-16)20(24)19-13-17-7-5-6-8-18(17)22(19)4/h5-8,13,15-16H,9-12,14H2,1-4H3. The number of aryl methyl sites for hydroxylation is 1. The molecule has 1 aliphatic heterocycles. The third-order valence-electron chi connectivity index (χ3n) is 5.50. The van der Waals surface area contributed by atoms with Gasteiger partial charge in [0.05, 0.1) is 0 Å². The summed E-state index contributed by atoms with van der Waals surface area (Å²) in [6.45, 7) is 7.35. The molecule has 4 heteroatoms. The molecule has 1 saturated heterocycles. The summed E-state index contributed by atoms with van der Waals surface area (Å²) in [6.07, 6.45) is 2.21. The molecule has 130 valence electrons. The highest BCUT2D eigenvalue weighted by molar-refractivity contribution is 5.98. The molecule has 24 heavy (non-hydrogen) atoms. The fourth-order valence-electron chi connectivity index (χ4n) is 3.59. The Kier molecular flexibility index (Phi) is 4.95. The molecular weight excluding hydrogens is 298 g/mol. The van der Waals surface area contributed by atoms with Gasteiger partial charge < -0.3 is 14.4 Å². The molecule has 0 N–H and O–H groups in total. The Morgan fingerprint density at radius 3 is 2.54 bits per heavy atom. The van der Waals surface area contributed by atoms with Gasteiger partial charge in [-0.05, 0) is 51.8 Å². The van der Waals surface area contributed by atoms with E-state index in [0.717, 1.165) is 49.1 Å². The van der Waals surface area contributed by atoms with E-state index in [0.29, 0.717) is 12.0 Å². The van der Waals surface area contributed by atoms with Crippen molar-refractivity contribution >= 4 is 16.8 Å². The van der Waals surface area contributed by atoms with Crippen molar-refractivity contribution in [2.75, 3.05) is 26.7 Å². The lowest BCUT2D eigenvalue weighted by Crippen LogP contribution is -2.42. The molecule has 2 heterocycles. The van der Waals surface area contributed by atoms with Crippen LogP contribution in [0.5, 0.6) is 0 Å². The summed E-state index contributed by atoms with van der Waals surface area (Å²) in [5, 5.41) is 1.14. The molecule has 0 radical (unpaired) electrons. The average Bonchev–Trinajstić information content (AvgIpc) is 2.92. The van der Waals surface area contributed by atoms with Crippen molar-refractivity contribution in [2.24, 2.45) is 13.0 Å². The molecule has 1 fully saturated rings. The number of likely N-dealkylation sites (tertiary alicyclic amines) is 1. The highest BCUT2D eigenvalue weighted by atomic mass is 16.2. The van der Waals surface area contributed by atoms with E-state index in [2.05, 4.69) is 37.9 Å². The number of nitrogens with zero attached hydrogens (tertiary/aromatic N) is 3. The first-order valence-corrected chi connectivity index (χ1v) is 9.01. The van der Waals surface area contributed by atoms with Crippen LogP contribution in [-0.4, -0.2) is 53.0 Å². The summed E-state index contributed by atoms with van der Waals surface area (Å²) in [6, 6.07) is 10.8. The van der Waals surface area contributed by atoms with Crippen LogP contribution >= 0.6 is 0 Å². The Morgan fingerprint density at radius 1 is 1.25 bits per heavy atom. The van der Waals surface area contributed by atoms with Crippen molar-refractivity contribution in [1.82, 2.24) is 14.4 Å². The largest absolute Gasteiger partial charge is 0.340 e. The normalized spacial score (nSPS) is 16.5. The molecule has 1 aliphatic rings. The van der Waals surface area contributed by atoms with Gasteiger partial charge in [-0.15, -0.1) is 0 Å². The maximum absolute atomic E-state index is 12.9. The highest BCUT2D eigenvalue weighted by Gasteiger charge is 2.26. The van der Waals surface area contributed by atoms with Crippen LogP contribution in [0.15, 0.2) is 30.3 Å². The van der Waals surface area contributed by atoms with Gasteiger partial charge in [-0.1, -0.05) is 18.2 Å². The fourth-order valence-corrected chi connectivity index (χ4v) is 3.59. The van der Waals surface area contributed by atoms with E-state index in [1.807, 2.05) is 34.7 Å². The van der Waals surface area contributed by atoms with Gasteiger partial charge in [0.15, 0.2) is 0 Å². The van der Waals surface area contributed by atoms with Gasteiger partial charge in [0.2, 0.25) is 0 Å². The molecule has 0 aliphatic carbocycles. The Labute approximate surface area is 145 Å². The average molecular weight is 327 g/mol. The summed E-state index contributed by atoms with van der Waals surface area (Å²) < 4.78 is 2.02. The first kappa shape index (κ1) is 17.0. The van der Waals surface area contributed by atoms with Crippen molar-refractivity contribution in [3.63, 3.8) is 0 Å². The zero-order valence-electron chi connectivity index (χ0n) is 15.3. The van der Waals surface area contributed by atoms with Gasteiger partial charge in [-0.25, -0.2) is 0 Å². The van der Waals surface area contributed by atoms with E-state index in [-0.39, 0.29) is 5.91 Å². The third-order valence-corrected chi connectivity index (χ3v) is 5.50. The van der Waals surface area contributed by atoms with E-state index >= 15 is 0 Å². The predicted octanol–water partition coefficient (Wildman–Crippen LogP) is 3.37. The molecule has 0 saturated carbocycles. The van der Waals surface area contributed by atoms with Crippen molar-refractivity contribution in [3.05, 3.63) is 36.0 Å². The molecular formula is C20H29N3O. The fraction of sp³-hybridized carbons (Fsp3) is 0.550. The lowest BCUT2D eigenvalue weighted by Gasteiger charge is -2.35. The van der Waals surface area contributed by atoms with Gasteiger partial charge in [0.1, 0.15) is 5.69 Å². The topological polar surface area (TPSA) is 28.5 Å². The number of hydrogen-bond donors (Lipinski definition) is 0. The smallest absolute Gasteiger partial charge is 0.270 e.